The van der Waals surface area contributed by atoms with E-state index in [0.717, 1.165) is 56.0 Å². The van der Waals surface area contributed by atoms with Gasteiger partial charge in [0, 0.05) is 56.4 Å². The summed E-state index contributed by atoms with van der Waals surface area (Å²) in [6.07, 6.45) is -0.987. The van der Waals surface area contributed by atoms with E-state index < -0.39 is 18.3 Å². The maximum Gasteiger partial charge on any atom is 0.325 e. The van der Waals surface area contributed by atoms with Crippen molar-refractivity contribution < 1.29 is 28.9 Å². The third-order valence-corrected chi connectivity index (χ3v) is 8.39. The predicted octanol–water partition coefficient (Wildman–Crippen LogP) is 4.47. The zero-order chi connectivity index (χ0) is 31.6. The molecular weight excluding hydrogens is 572 g/mol. The van der Waals surface area contributed by atoms with Crippen LogP contribution >= 0.6 is 0 Å². The van der Waals surface area contributed by atoms with Crippen LogP contribution in [0.4, 0.5) is 10.5 Å². The third-order valence-electron chi connectivity index (χ3n) is 8.39. The number of amides is 2. The number of carbonyl (C=O) groups is 2. The number of nitrogens with zero attached hydrogens (tertiary/aromatic N) is 2. The van der Waals surface area contributed by atoms with Gasteiger partial charge in [-0.1, -0.05) is 73.7 Å². The first-order valence-electron chi connectivity index (χ1n) is 15.7. The van der Waals surface area contributed by atoms with Gasteiger partial charge in [0.05, 0.1) is 25.4 Å². The Morgan fingerprint density at radius 3 is 2.33 bits per heavy atom. The quantitative estimate of drug-likeness (QED) is 0.271. The molecule has 5 rings (SSSR count). The highest BCUT2D eigenvalue weighted by Gasteiger charge is 2.39. The van der Waals surface area contributed by atoms with E-state index in [4.69, 9.17) is 14.2 Å². The van der Waals surface area contributed by atoms with Gasteiger partial charge in [0.2, 0.25) is 0 Å². The Labute approximate surface area is 265 Å². The predicted molar refractivity (Wildman–Crippen MR) is 171 cm³/mol. The van der Waals surface area contributed by atoms with Gasteiger partial charge in [-0.2, -0.15) is 0 Å². The van der Waals surface area contributed by atoms with Crippen LogP contribution < -0.4 is 10.6 Å². The molecule has 4 atom stereocenters. The summed E-state index contributed by atoms with van der Waals surface area (Å²) in [6.45, 7) is 9.54. The van der Waals surface area contributed by atoms with Crippen molar-refractivity contribution in [3.05, 3.63) is 101 Å². The lowest BCUT2D eigenvalue weighted by Crippen LogP contribution is -2.51. The lowest BCUT2D eigenvalue weighted by molar-refractivity contribution is -0.276. The molecular formula is C35H44N4O6. The number of anilines is 1. The molecule has 0 bridgehead atoms. The Morgan fingerprint density at radius 2 is 1.62 bits per heavy atom. The molecule has 2 heterocycles. The summed E-state index contributed by atoms with van der Waals surface area (Å²) in [4.78, 5) is 29.0. The lowest BCUT2D eigenvalue weighted by Gasteiger charge is -2.44. The SMILES string of the molecule is CCOC(=O)CNC(=O)Nc1cccc([C@@H]2O[C@H](CN3CCN(Cc4ccccc4)CC3)[C@H](C)[C@H](c3ccc(CO)cc3)O2)c1. The number of hydrogen-bond acceptors (Lipinski definition) is 8. The van der Waals surface area contributed by atoms with Crippen molar-refractivity contribution in [2.45, 2.75) is 45.5 Å². The molecule has 3 aromatic carbocycles. The smallest absolute Gasteiger partial charge is 0.325 e. The molecule has 0 unspecified atom stereocenters. The van der Waals surface area contributed by atoms with Crippen LogP contribution in [0.2, 0.25) is 0 Å². The summed E-state index contributed by atoms with van der Waals surface area (Å²) in [5, 5.41) is 14.9. The number of aliphatic hydroxyl groups is 1. The van der Waals surface area contributed by atoms with E-state index in [9.17, 15) is 14.7 Å². The molecule has 0 aromatic heterocycles. The van der Waals surface area contributed by atoms with E-state index in [1.54, 1.807) is 13.0 Å². The van der Waals surface area contributed by atoms with Crippen molar-refractivity contribution in [1.82, 2.24) is 15.1 Å². The molecule has 240 valence electrons. The van der Waals surface area contributed by atoms with Gasteiger partial charge in [-0.15, -0.1) is 0 Å². The monoisotopic (exact) mass is 616 g/mol. The summed E-state index contributed by atoms with van der Waals surface area (Å²) in [7, 11) is 0. The number of ether oxygens (including phenoxy) is 3. The Bertz CT molecular complexity index is 1380. The molecule has 0 radical (unpaired) electrons. The summed E-state index contributed by atoms with van der Waals surface area (Å²) < 4.78 is 18.1. The first-order valence-corrected chi connectivity index (χ1v) is 15.7. The summed E-state index contributed by atoms with van der Waals surface area (Å²) >= 11 is 0. The van der Waals surface area contributed by atoms with Crippen LogP contribution in [0.15, 0.2) is 78.9 Å². The number of urea groups is 1. The second-order valence-electron chi connectivity index (χ2n) is 11.6. The summed E-state index contributed by atoms with van der Waals surface area (Å²) in [5.74, 6) is -0.431. The van der Waals surface area contributed by atoms with E-state index in [0.29, 0.717) is 5.69 Å². The number of aliphatic hydroxyl groups excluding tert-OH is 1. The number of hydrogen-bond donors (Lipinski definition) is 3. The molecule has 2 aliphatic heterocycles. The average molecular weight is 617 g/mol. The highest BCUT2D eigenvalue weighted by molar-refractivity contribution is 5.91. The van der Waals surface area contributed by atoms with Gasteiger partial charge in [0.1, 0.15) is 6.54 Å². The van der Waals surface area contributed by atoms with Crippen LogP contribution in [0, 0.1) is 5.92 Å². The minimum Gasteiger partial charge on any atom is -0.465 e. The van der Waals surface area contributed by atoms with Crippen molar-refractivity contribution in [3.63, 3.8) is 0 Å². The molecule has 45 heavy (non-hydrogen) atoms. The van der Waals surface area contributed by atoms with Crippen molar-refractivity contribution >= 4 is 17.7 Å². The number of esters is 1. The lowest BCUT2D eigenvalue weighted by atomic mass is 9.90. The van der Waals surface area contributed by atoms with Gasteiger partial charge in [-0.05, 0) is 35.7 Å². The maximum absolute atomic E-state index is 12.4. The molecule has 0 spiro atoms. The van der Waals surface area contributed by atoms with Crippen molar-refractivity contribution in [2.75, 3.05) is 51.2 Å². The zero-order valence-electron chi connectivity index (χ0n) is 26.1. The number of carbonyl (C=O) groups excluding carboxylic acids is 2. The number of benzene rings is 3. The molecule has 0 aliphatic carbocycles. The number of nitrogens with one attached hydrogen (secondary N) is 2. The van der Waals surface area contributed by atoms with Crippen LogP contribution in [0.5, 0.6) is 0 Å². The minimum absolute atomic E-state index is 0.0148. The maximum atomic E-state index is 12.4. The first kappa shape index (κ1) is 32.6. The fourth-order valence-electron chi connectivity index (χ4n) is 5.86. The van der Waals surface area contributed by atoms with Gasteiger partial charge in [-0.25, -0.2) is 4.79 Å². The third kappa shape index (κ3) is 9.12. The molecule has 10 nitrogen and oxygen atoms in total. The molecule has 10 heteroatoms. The average Bonchev–Trinajstić information content (AvgIpc) is 3.06. The topological polar surface area (TPSA) is 113 Å². The molecule has 2 aliphatic rings. The number of piperazine rings is 1. The Kier molecular flexibility index (Phi) is 11.6. The normalized spacial score (nSPS) is 22.5. The van der Waals surface area contributed by atoms with E-state index >= 15 is 0 Å². The van der Waals surface area contributed by atoms with Crippen molar-refractivity contribution in [1.29, 1.82) is 0 Å². The molecule has 2 fully saturated rings. The van der Waals surface area contributed by atoms with Crippen LogP contribution in [0.1, 0.15) is 48.5 Å². The highest BCUT2D eigenvalue weighted by atomic mass is 16.7. The largest absolute Gasteiger partial charge is 0.465 e. The first-order chi connectivity index (χ1) is 21.9. The van der Waals surface area contributed by atoms with Crippen molar-refractivity contribution in [2.24, 2.45) is 5.92 Å². The van der Waals surface area contributed by atoms with E-state index in [-0.39, 0.29) is 37.9 Å². The zero-order valence-corrected chi connectivity index (χ0v) is 26.1. The fourth-order valence-corrected chi connectivity index (χ4v) is 5.86. The molecule has 2 amide bonds. The number of rotatable bonds is 11. The Hall–Kier alpha value is -3.80. The van der Waals surface area contributed by atoms with E-state index in [2.05, 4.69) is 57.7 Å². The summed E-state index contributed by atoms with van der Waals surface area (Å²) in [5.41, 5.74) is 4.53. The van der Waals surface area contributed by atoms with E-state index in [1.807, 2.05) is 42.5 Å². The van der Waals surface area contributed by atoms with Crippen LogP contribution in [0.25, 0.3) is 0 Å². The molecule has 2 saturated heterocycles. The summed E-state index contributed by atoms with van der Waals surface area (Å²) in [6, 6.07) is 25.3. The van der Waals surface area contributed by atoms with Crippen LogP contribution in [0.3, 0.4) is 0 Å². The highest BCUT2D eigenvalue weighted by Crippen LogP contribution is 2.42. The van der Waals surface area contributed by atoms with Gasteiger partial charge in [0.15, 0.2) is 6.29 Å². The molecule has 3 aromatic rings. The molecule has 0 saturated carbocycles. The second-order valence-corrected chi connectivity index (χ2v) is 11.6. The van der Waals surface area contributed by atoms with Gasteiger partial charge in [-0.3, -0.25) is 14.6 Å². The Morgan fingerprint density at radius 1 is 0.889 bits per heavy atom. The van der Waals surface area contributed by atoms with E-state index in [1.165, 1.54) is 5.56 Å². The van der Waals surface area contributed by atoms with Crippen LogP contribution in [-0.4, -0.2) is 78.9 Å². The van der Waals surface area contributed by atoms with Crippen LogP contribution in [-0.2, 0) is 32.2 Å². The van der Waals surface area contributed by atoms with Gasteiger partial charge < -0.3 is 30.0 Å². The van der Waals surface area contributed by atoms with Gasteiger partial charge >= 0.3 is 12.0 Å². The second kappa shape index (κ2) is 16.0. The fraction of sp³-hybridized carbons (Fsp3) is 0.429. The van der Waals surface area contributed by atoms with Crippen molar-refractivity contribution in [3.8, 4) is 0 Å². The minimum atomic E-state index is -0.655. The molecule has 3 N–H and O–H groups in total. The standard InChI is InChI=1S/C35H44N4O6/c1-3-43-32(41)21-36-35(42)37-30-11-7-10-29(20-30)34-44-31(25(2)33(45-34)28-14-12-27(24-40)13-15-28)23-39-18-16-38(17-19-39)22-26-8-5-4-6-9-26/h4-15,20,25,31,33-34,40H,3,16-19,21-24H2,1-2H3,(H2,36,37,42)/t25-,31+,33+,34+/m0/s1. The van der Waals surface area contributed by atoms with Gasteiger partial charge in [0.25, 0.3) is 0 Å². The Balaban J connectivity index is 1.27.